The smallest absolute Gasteiger partial charge is 0.315 e. The van der Waals surface area contributed by atoms with Crippen LogP contribution in [-0.4, -0.2) is 36.7 Å². The Morgan fingerprint density at radius 3 is 3.00 bits per heavy atom. The number of rotatable bonds is 5. The van der Waals surface area contributed by atoms with Crippen LogP contribution in [0.4, 0.5) is 0 Å². The Balaban J connectivity index is 2.21. The van der Waals surface area contributed by atoms with Crippen LogP contribution in [0.15, 0.2) is 0 Å². The summed E-state index contributed by atoms with van der Waals surface area (Å²) in [5, 5.41) is 4.11. The molecule has 3 nitrogen and oxygen atoms in total. The highest BCUT2D eigenvalue weighted by molar-refractivity contribution is 8.00. The molecule has 0 saturated heterocycles. The van der Waals surface area contributed by atoms with E-state index in [0.29, 0.717) is 17.0 Å². The topological polar surface area (TPSA) is 38.3 Å². The molecule has 0 aromatic carbocycles. The first-order valence-electron chi connectivity index (χ1n) is 5.68. The van der Waals surface area contributed by atoms with Crippen molar-refractivity contribution in [1.82, 2.24) is 5.32 Å². The summed E-state index contributed by atoms with van der Waals surface area (Å²) in [6.07, 6.45) is 4.98. The molecule has 0 bridgehead atoms. The van der Waals surface area contributed by atoms with Crippen LogP contribution in [-0.2, 0) is 9.53 Å². The van der Waals surface area contributed by atoms with Gasteiger partial charge in [-0.2, -0.15) is 0 Å². The SMILES string of the molecule is CCNC1CCCC(SCC(=O)OC)C1. The van der Waals surface area contributed by atoms with Gasteiger partial charge in [0.2, 0.25) is 0 Å². The minimum absolute atomic E-state index is 0.106. The van der Waals surface area contributed by atoms with Crippen LogP contribution >= 0.6 is 11.8 Å². The van der Waals surface area contributed by atoms with E-state index in [1.165, 1.54) is 32.8 Å². The maximum absolute atomic E-state index is 11.0. The van der Waals surface area contributed by atoms with Crippen molar-refractivity contribution in [1.29, 1.82) is 0 Å². The molecule has 88 valence electrons. The van der Waals surface area contributed by atoms with E-state index in [0.717, 1.165) is 6.54 Å². The first-order valence-corrected chi connectivity index (χ1v) is 6.73. The quantitative estimate of drug-likeness (QED) is 0.732. The molecule has 0 aromatic rings. The molecule has 2 atom stereocenters. The highest BCUT2D eigenvalue weighted by Crippen LogP contribution is 2.28. The summed E-state index contributed by atoms with van der Waals surface area (Å²) < 4.78 is 4.64. The molecule has 4 heteroatoms. The van der Waals surface area contributed by atoms with Crippen LogP contribution in [0.25, 0.3) is 0 Å². The summed E-state index contributed by atoms with van der Waals surface area (Å²) >= 11 is 1.75. The highest BCUT2D eigenvalue weighted by Gasteiger charge is 2.22. The monoisotopic (exact) mass is 231 g/mol. The number of carbonyl (C=O) groups excluding carboxylic acids is 1. The van der Waals surface area contributed by atoms with Gasteiger partial charge in [-0.25, -0.2) is 0 Å². The van der Waals surface area contributed by atoms with E-state index in [1.807, 2.05) is 0 Å². The normalized spacial score (nSPS) is 26.3. The molecular formula is C11H21NO2S. The van der Waals surface area contributed by atoms with Gasteiger partial charge in [0, 0.05) is 11.3 Å². The molecule has 0 heterocycles. The van der Waals surface area contributed by atoms with Crippen LogP contribution in [0.5, 0.6) is 0 Å². The number of ether oxygens (including phenoxy) is 1. The lowest BCUT2D eigenvalue weighted by molar-refractivity contribution is -0.137. The first-order chi connectivity index (χ1) is 7.26. The van der Waals surface area contributed by atoms with Gasteiger partial charge >= 0.3 is 5.97 Å². The third-order valence-corrected chi connectivity index (χ3v) is 4.09. The fraction of sp³-hybridized carbons (Fsp3) is 0.909. The minimum Gasteiger partial charge on any atom is -0.468 e. The Labute approximate surface area is 96.3 Å². The zero-order chi connectivity index (χ0) is 11.1. The molecule has 1 saturated carbocycles. The number of hydrogen-bond acceptors (Lipinski definition) is 4. The predicted octanol–water partition coefficient (Wildman–Crippen LogP) is 1.81. The highest BCUT2D eigenvalue weighted by atomic mass is 32.2. The van der Waals surface area contributed by atoms with E-state index in [-0.39, 0.29) is 5.97 Å². The zero-order valence-corrected chi connectivity index (χ0v) is 10.4. The van der Waals surface area contributed by atoms with E-state index in [4.69, 9.17) is 0 Å². The number of methoxy groups -OCH3 is 1. The number of carbonyl (C=O) groups is 1. The fourth-order valence-corrected chi connectivity index (χ4v) is 3.21. The molecule has 1 fully saturated rings. The van der Waals surface area contributed by atoms with Gasteiger partial charge in [-0.1, -0.05) is 13.3 Å². The molecule has 15 heavy (non-hydrogen) atoms. The Morgan fingerprint density at radius 1 is 1.53 bits per heavy atom. The second kappa shape index (κ2) is 7.12. The first kappa shape index (κ1) is 12.8. The predicted molar refractivity (Wildman–Crippen MR) is 64.2 cm³/mol. The maximum Gasteiger partial charge on any atom is 0.315 e. The lowest BCUT2D eigenvalue weighted by Gasteiger charge is -2.28. The molecule has 0 amide bonds. The van der Waals surface area contributed by atoms with E-state index in [9.17, 15) is 4.79 Å². The lowest BCUT2D eigenvalue weighted by atomic mass is 9.95. The number of esters is 1. The van der Waals surface area contributed by atoms with Gasteiger partial charge in [-0.05, 0) is 25.8 Å². The standard InChI is InChI=1S/C11H21NO2S/c1-3-12-9-5-4-6-10(7-9)15-8-11(13)14-2/h9-10,12H,3-8H2,1-2H3. The van der Waals surface area contributed by atoms with Crippen LogP contribution in [0.3, 0.4) is 0 Å². The maximum atomic E-state index is 11.0. The molecule has 0 spiro atoms. The van der Waals surface area contributed by atoms with Crippen molar-refractivity contribution in [2.24, 2.45) is 0 Å². The van der Waals surface area contributed by atoms with Gasteiger partial charge in [-0.3, -0.25) is 4.79 Å². The average molecular weight is 231 g/mol. The van der Waals surface area contributed by atoms with Gasteiger partial charge < -0.3 is 10.1 Å². The van der Waals surface area contributed by atoms with Crippen LogP contribution in [0, 0.1) is 0 Å². The Kier molecular flexibility index (Phi) is 6.10. The number of nitrogens with one attached hydrogen (secondary N) is 1. The summed E-state index contributed by atoms with van der Waals surface area (Å²) in [7, 11) is 1.45. The molecule has 0 radical (unpaired) electrons. The van der Waals surface area contributed by atoms with Crippen molar-refractivity contribution >= 4 is 17.7 Å². The van der Waals surface area contributed by atoms with Crippen molar-refractivity contribution in [2.45, 2.75) is 43.9 Å². The third kappa shape index (κ3) is 4.89. The van der Waals surface area contributed by atoms with E-state index in [2.05, 4.69) is 17.0 Å². The second-order valence-electron chi connectivity index (χ2n) is 3.93. The third-order valence-electron chi connectivity index (χ3n) is 2.78. The molecule has 0 aromatic heterocycles. The molecule has 1 N–H and O–H groups in total. The Bertz CT molecular complexity index is 197. The Hall–Kier alpha value is -0.220. The number of hydrogen-bond donors (Lipinski definition) is 1. The van der Waals surface area contributed by atoms with Crippen LogP contribution in [0.2, 0.25) is 0 Å². The van der Waals surface area contributed by atoms with E-state index < -0.39 is 0 Å². The molecule has 1 aliphatic carbocycles. The largest absolute Gasteiger partial charge is 0.468 e. The fourth-order valence-electron chi connectivity index (χ4n) is 2.02. The van der Waals surface area contributed by atoms with E-state index in [1.54, 1.807) is 11.8 Å². The van der Waals surface area contributed by atoms with Gasteiger partial charge in [0.05, 0.1) is 12.9 Å². The lowest BCUT2D eigenvalue weighted by Crippen LogP contribution is -2.35. The molecule has 2 unspecified atom stereocenters. The minimum atomic E-state index is -0.106. The van der Waals surface area contributed by atoms with Crippen molar-refractivity contribution < 1.29 is 9.53 Å². The summed E-state index contributed by atoms with van der Waals surface area (Å²) in [6, 6.07) is 0.652. The average Bonchev–Trinajstić information content (AvgIpc) is 2.27. The zero-order valence-electron chi connectivity index (χ0n) is 9.62. The van der Waals surface area contributed by atoms with Gasteiger partial charge in [-0.15, -0.1) is 11.8 Å². The van der Waals surface area contributed by atoms with Crippen molar-refractivity contribution in [2.75, 3.05) is 19.4 Å². The molecular weight excluding hydrogens is 210 g/mol. The molecule has 0 aliphatic heterocycles. The summed E-state index contributed by atoms with van der Waals surface area (Å²) in [5.74, 6) is 0.394. The van der Waals surface area contributed by atoms with Gasteiger partial charge in [0.1, 0.15) is 0 Å². The van der Waals surface area contributed by atoms with E-state index >= 15 is 0 Å². The van der Waals surface area contributed by atoms with Crippen molar-refractivity contribution in [3.05, 3.63) is 0 Å². The molecule has 1 rings (SSSR count). The van der Waals surface area contributed by atoms with Gasteiger partial charge in [0.25, 0.3) is 0 Å². The van der Waals surface area contributed by atoms with Gasteiger partial charge in [0.15, 0.2) is 0 Å². The summed E-state index contributed by atoms with van der Waals surface area (Å²) in [4.78, 5) is 11.0. The molecule has 1 aliphatic rings. The summed E-state index contributed by atoms with van der Waals surface area (Å²) in [5.41, 5.74) is 0. The van der Waals surface area contributed by atoms with Crippen molar-refractivity contribution in [3.63, 3.8) is 0 Å². The Morgan fingerprint density at radius 2 is 2.33 bits per heavy atom. The second-order valence-corrected chi connectivity index (χ2v) is 5.22. The number of thioether (sulfide) groups is 1. The van der Waals surface area contributed by atoms with Crippen molar-refractivity contribution in [3.8, 4) is 0 Å². The van der Waals surface area contributed by atoms with Crippen LogP contribution in [0.1, 0.15) is 32.6 Å². The van der Waals surface area contributed by atoms with Crippen LogP contribution < -0.4 is 5.32 Å². The summed E-state index contributed by atoms with van der Waals surface area (Å²) in [6.45, 7) is 3.18.